The quantitative estimate of drug-likeness (QED) is 0.626. The summed E-state index contributed by atoms with van der Waals surface area (Å²) in [6, 6.07) is 2.00. The minimum absolute atomic E-state index is 0.0197. The minimum Gasteiger partial charge on any atom is -0.352 e. The molecule has 98 valence electrons. The summed E-state index contributed by atoms with van der Waals surface area (Å²) < 4.78 is 0.699. The van der Waals surface area contributed by atoms with E-state index in [1.807, 2.05) is 11.8 Å². The number of aromatic nitrogens is 1. The Morgan fingerprint density at radius 3 is 3.11 bits per heavy atom. The van der Waals surface area contributed by atoms with E-state index in [9.17, 15) is 10.1 Å². The van der Waals surface area contributed by atoms with Crippen LogP contribution in [0, 0.1) is 10.1 Å². The molecule has 1 aromatic rings. The van der Waals surface area contributed by atoms with Crippen LogP contribution in [0.15, 0.2) is 16.7 Å². The van der Waals surface area contributed by atoms with Gasteiger partial charge < -0.3 is 4.90 Å². The summed E-state index contributed by atoms with van der Waals surface area (Å²) in [6.45, 7) is 0.967. The van der Waals surface area contributed by atoms with Crippen molar-refractivity contribution in [3.8, 4) is 0 Å². The van der Waals surface area contributed by atoms with Crippen molar-refractivity contribution in [2.45, 2.75) is 18.9 Å². The van der Waals surface area contributed by atoms with Crippen molar-refractivity contribution in [1.82, 2.24) is 4.98 Å². The molecule has 0 radical (unpaired) electrons. The van der Waals surface area contributed by atoms with Gasteiger partial charge >= 0.3 is 0 Å². The van der Waals surface area contributed by atoms with Gasteiger partial charge in [-0.1, -0.05) is 0 Å². The molecule has 1 atom stereocenters. The topological polar surface area (TPSA) is 59.3 Å². The Morgan fingerprint density at radius 1 is 1.72 bits per heavy atom. The van der Waals surface area contributed by atoms with Crippen LogP contribution in [-0.2, 0) is 0 Å². The van der Waals surface area contributed by atoms with Crippen LogP contribution in [0.1, 0.15) is 12.8 Å². The van der Waals surface area contributed by atoms with Crippen molar-refractivity contribution in [3.63, 3.8) is 0 Å². The van der Waals surface area contributed by atoms with Crippen LogP contribution in [0.3, 0.4) is 0 Å². The van der Waals surface area contributed by atoms with Gasteiger partial charge in [0.25, 0.3) is 5.69 Å². The van der Waals surface area contributed by atoms with Gasteiger partial charge in [0.05, 0.1) is 9.40 Å². The fourth-order valence-electron chi connectivity index (χ4n) is 2.21. The van der Waals surface area contributed by atoms with Gasteiger partial charge in [-0.3, -0.25) is 10.1 Å². The van der Waals surface area contributed by atoms with Crippen LogP contribution in [0.4, 0.5) is 11.5 Å². The Balaban J connectivity index is 2.25. The number of hydrogen-bond donors (Lipinski definition) is 0. The van der Waals surface area contributed by atoms with Crippen molar-refractivity contribution in [1.29, 1.82) is 0 Å². The molecule has 0 bridgehead atoms. The van der Waals surface area contributed by atoms with Gasteiger partial charge in [0.15, 0.2) is 0 Å². The average molecular weight is 332 g/mol. The molecule has 0 amide bonds. The molecular weight excluding hydrogens is 318 g/mol. The van der Waals surface area contributed by atoms with Gasteiger partial charge in [-0.2, -0.15) is 11.8 Å². The molecule has 0 aromatic carbocycles. The summed E-state index contributed by atoms with van der Waals surface area (Å²) in [5, 5.41) is 10.7. The third-order valence-corrected chi connectivity index (χ3v) is 4.33. The van der Waals surface area contributed by atoms with Crippen LogP contribution in [0.2, 0.25) is 0 Å². The minimum atomic E-state index is -0.426. The molecule has 18 heavy (non-hydrogen) atoms. The summed E-state index contributed by atoms with van der Waals surface area (Å²) >= 11 is 5.21. The molecule has 0 saturated carbocycles. The van der Waals surface area contributed by atoms with E-state index in [1.165, 1.54) is 12.3 Å². The maximum atomic E-state index is 10.7. The zero-order valence-corrected chi connectivity index (χ0v) is 12.4. The Kier molecular flexibility index (Phi) is 4.45. The Morgan fingerprint density at radius 2 is 2.50 bits per heavy atom. The van der Waals surface area contributed by atoms with E-state index in [0.717, 1.165) is 31.0 Å². The monoisotopic (exact) mass is 331 g/mol. The molecule has 1 aliphatic heterocycles. The highest BCUT2D eigenvalue weighted by atomic mass is 79.9. The van der Waals surface area contributed by atoms with Gasteiger partial charge in [-0.05, 0) is 35.0 Å². The number of thioether (sulfide) groups is 1. The van der Waals surface area contributed by atoms with Crippen molar-refractivity contribution >= 4 is 39.2 Å². The lowest BCUT2D eigenvalue weighted by molar-refractivity contribution is -0.385. The van der Waals surface area contributed by atoms with Crippen LogP contribution >= 0.6 is 27.7 Å². The second-order valence-corrected chi connectivity index (χ2v) is 5.97. The van der Waals surface area contributed by atoms with Gasteiger partial charge in [0.1, 0.15) is 12.0 Å². The van der Waals surface area contributed by atoms with Crippen molar-refractivity contribution in [2.75, 3.05) is 23.5 Å². The fraction of sp³-hybridized carbons (Fsp3) is 0.545. The largest absolute Gasteiger partial charge is 0.352 e. The molecule has 1 fully saturated rings. The van der Waals surface area contributed by atoms with Crippen LogP contribution in [0.5, 0.6) is 0 Å². The number of pyridine rings is 1. The lowest BCUT2D eigenvalue weighted by Crippen LogP contribution is -2.32. The summed E-state index contributed by atoms with van der Waals surface area (Å²) in [6.07, 6.45) is 5.73. The number of halogens is 1. The van der Waals surface area contributed by atoms with Gasteiger partial charge in [-0.25, -0.2) is 4.98 Å². The summed E-state index contributed by atoms with van der Waals surface area (Å²) in [4.78, 5) is 16.7. The fourth-order valence-corrected chi connectivity index (χ4v) is 3.51. The van der Waals surface area contributed by atoms with E-state index in [0.29, 0.717) is 10.5 Å². The highest BCUT2D eigenvalue weighted by Crippen LogP contribution is 2.33. The molecule has 0 aliphatic carbocycles. The van der Waals surface area contributed by atoms with Gasteiger partial charge in [0, 0.05) is 24.4 Å². The lowest BCUT2D eigenvalue weighted by Gasteiger charge is -2.25. The maximum Gasteiger partial charge on any atom is 0.288 e. The Bertz CT molecular complexity index is 458. The molecule has 2 rings (SSSR count). The predicted octanol–water partition coefficient (Wildman–Crippen LogP) is 3.08. The number of hydrogen-bond acceptors (Lipinski definition) is 5. The van der Waals surface area contributed by atoms with Crippen LogP contribution in [0.25, 0.3) is 0 Å². The first-order valence-corrected chi connectivity index (χ1v) is 7.87. The predicted molar refractivity (Wildman–Crippen MR) is 77.3 cm³/mol. The van der Waals surface area contributed by atoms with E-state index in [4.69, 9.17) is 0 Å². The zero-order chi connectivity index (χ0) is 13.1. The Hall–Kier alpha value is -0.820. The first kappa shape index (κ1) is 13.6. The number of rotatable bonds is 4. The molecule has 1 aromatic heterocycles. The van der Waals surface area contributed by atoms with E-state index in [2.05, 4.69) is 32.1 Å². The molecule has 1 saturated heterocycles. The first-order valence-electron chi connectivity index (χ1n) is 5.69. The number of nitrogens with zero attached hydrogens (tertiary/aromatic N) is 3. The normalized spacial score (nSPS) is 19.2. The second-order valence-electron chi connectivity index (χ2n) is 4.20. The van der Waals surface area contributed by atoms with E-state index in [1.54, 1.807) is 0 Å². The van der Waals surface area contributed by atoms with Crippen molar-refractivity contribution in [2.24, 2.45) is 0 Å². The van der Waals surface area contributed by atoms with E-state index < -0.39 is 4.92 Å². The molecule has 7 heteroatoms. The van der Waals surface area contributed by atoms with E-state index >= 15 is 0 Å². The van der Waals surface area contributed by atoms with Gasteiger partial charge in [-0.15, -0.1) is 0 Å². The second kappa shape index (κ2) is 5.88. The highest BCUT2D eigenvalue weighted by molar-refractivity contribution is 9.10. The Labute approximate surface area is 118 Å². The third-order valence-electron chi connectivity index (χ3n) is 3.03. The number of anilines is 1. The van der Waals surface area contributed by atoms with Crippen molar-refractivity contribution in [3.05, 3.63) is 26.9 Å². The molecule has 2 heterocycles. The third kappa shape index (κ3) is 2.77. The summed E-state index contributed by atoms with van der Waals surface area (Å²) in [7, 11) is 0. The SMILES string of the molecule is CSCC1CCCN1c1ncc([N+](=O)[O-])cc1Br. The number of nitro groups is 1. The average Bonchev–Trinajstić information content (AvgIpc) is 2.77. The standard InChI is InChI=1S/C11H14BrN3O2S/c1-18-7-8-3-2-4-14(8)11-10(12)5-9(6-13-11)15(16)17/h5-6,8H,2-4,7H2,1H3. The lowest BCUT2D eigenvalue weighted by atomic mass is 10.2. The molecular formula is C11H14BrN3O2S. The summed E-state index contributed by atoms with van der Waals surface area (Å²) in [5.74, 6) is 1.88. The smallest absolute Gasteiger partial charge is 0.288 e. The van der Waals surface area contributed by atoms with Crippen LogP contribution < -0.4 is 4.90 Å². The maximum absolute atomic E-state index is 10.7. The molecule has 0 N–H and O–H groups in total. The molecule has 1 unspecified atom stereocenters. The van der Waals surface area contributed by atoms with Crippen LogP contribution in [-0.4, -0.2) is 34.5 Å². The van der Waals surface area contributed by atoms with Crippen molar-refractivity contribution < 1.29 is 4.92 Å². The molecule has 1 aliphatic rings. The zero-order valence-electron chi connectivity index (χ0n) is 10.0. The molecule has 5 nitrogen and oxygen atoms in total. The first-order chi connectivity index (χ1) is 8.63. The molecule has 0 spiro atoms. The van der Waals surface area contributed by atoms with Gasteiger partial charge in [0.2, 0.25) is 0 Å². The summed E-state index contributed by atoms with van der Waals surface area (Å²) in [5.41, 5.74) is 0.0197. The highest BCUT2D eigenvalue weighted by Gasteiger charge is 2.27. The van der Waals surface area contributed by atoms with E-state index in [-0.39, 0.29) is 5.69 Å².